The maximum absolute atomic E-state index is 9.85. The van der Waals surface area contributed by atoms with E-state index in [0.29, 0.717) is 0 Å². The minimum Gasteiger partial charge on any atom is -0.392 e. The van der Waals surface area contributed by atoms with Crippen LogP contribution in [0.25, 0.3) is 0 Å². The third-order valence-corrected chi connectivity index (χ3v) is 8.75. The average molecular weight is 423 g/mol. The molecule has 31 heavy (non-hydrogen) atoms. The Kier molecular flexibility index (Phi) is 5.98. The minimum absolute atomic E-state index is 0.124. The molecule has 0 aliphatic heterocycles. The van der Waals surface area contributed by atoms with Crippen molar-refractivity contribution in [2.45, 2.75) is 32.3 Å². The zero-order chi connectivity index (χ0) is 21.0. The zero-order valence-corrected chi connectivity index (χ0v) is 18.6. The number of hydrogen-bond donors (Lipinski definition) is 1. The lowest BCUT2D eigenvalue weighted by molar-refractivity contribution is 0.280. The normalized spacial score (nSPS) is 13.2. The van der Waals surface area contributed by atoms with Crippen LogP contribution in [0.15, 0.2) is 97.1 Å². The lowest BCUT2D eigenvalue weighted by atomic mass is 9.93. The zero-order valence-electron chi connectivity index (χ0n) is 17.7. The van der Waals surface area contributed by atoms with Crippen LogP contribution in [0.1, 0.15) is 27.8 Å². The van der Waals surface area contributed by atoms with Gasteiger partial charge in [-0.2, -0.15) is 0 Å². The topological polar surface area (TPSA) is 20.2 Å². The van der Waals surface area contributed by atoms with Gasteiger partial charge in [-0.05, 0) is 77.3 Å². The molecule has 4 bridgehead atoms. The predicted molar refractivity (Wildman–Crippen MR) is 132 cm³/mol. The van der Waals surface area contributed by atoms with E-state index in [1.54, 1.807) is 0 Å². The first-order valence-corrected chi connectivity index (χ1v) is 12.4. The predicted octanol–water partition coefficient (Wildman–Crippen LogP) is 4.82. The van der Waals surface area contributed by atoms with Crippen LogP contribution in [0.3, 0.4) is 0 Å². The number of aryl methyl sites for hydroxylation is 4. The first-order chi connectivity index (χ1) is 15.3. The molecule has 0 aromatic heterocycles. The second-order valence-corrected chi connectivity index (χ2v) is 10.4. The molecular formula is C29H27OP. The molecule has 0 amide bonds. The number of hydrogen-bond acceptors (Lipinski definition) is 1. The Morgan fingerprint density at radius 2 is 1.13 bits per heavy atom. The fourth-order valence-electron chi connectivity index (χ4n) is 4.55. The van der Waals surface area contributed by atoms with Crippen LogP contribution in [0, 0.1) is 0 Å². The number of rotatable bonds is 4. The first-order valence-electron chi connectivity index (χ1n) is 11.1. The number of aliphatic hydroxyl groups is 1. The monoisotopic (exact) mass is 422 g/mol. The van der Waals surface area contributed by atoms with Gasteiger partial charge in [0.25, 0.3) is 0 Å². The molecule has 154 valence electrons. The molecule has 0 unspecified atom stereocenters. The second-order valence-electron chi connectivity index (χ2n) is 8.23. The number of aliphatic hydroxyl groups excluding tert-OH is 1. The summed E-state index contributed by atoms with van der Waals surface area (Å²) in [4.78, 5) is 0. The molecule has 1 nitrogen and oxygen atoms in total. The van der Waals surface area contributed by atoms with E-state index in [1.807, 2.05) is 0 Å². The van der Waals surface area contributed by atoms with E-state index in [1.165, 1.54) is 38.2 Å². The summed E-state index contributed by atoms with van der Waals surface area (Å²) >= 11 is 0. The van der Waals surface area contributed by atoms with Gasteiger partial charge in [-0.3, -0.25) is 0 Å². The highest BCUT2D eigenvalue weighted by molar-refractivity contribution is 7.79. The van der Waals surface area contributed by atoms with Crippen molar-refractivity contribution < 1.29 is 5.11 Å². The molecule has 4 aromatic rings. The molecule has 0 radical (unpaired) electrons. The van der Waals surface area contributed by atoms with E-state index >= 15 is 0 Å². The third-order valence-electron chi connectivity index (χ3n) is 6.23. The molecule has 8 rings (SSSR count). The van der Waals surface area contributed by atoms with Crippen LogP contribution < -0.4 is 15.9 Å². The van der Waals surface area contributed by atoms with Gasteiger partial charge < -0.3 is 5.11 Å². The van der Waals surface area contributed by atoms with E-state index in [2.05, 4.69) is 97.1 Å². The summed E-state index contributed by atoms with van der Waals surface area (Å²) in [6, 6.07) is 35.8. The van der Waals surface area contributed by atoms with Crippen LogP contribution in [0.2, 0.25) is 0 Å². The summed E-state index contributed by atoms with van der Waals surface area (Å²) in [7, 11) is -0.605. The van der Waals surface area contributed by atoms with Crippen molar-refractivity contribution in [2.75, 3.05) is 0 Å². The second kappa shape index (κ2) is 9.18. The van der Waals surface area contributed by atoms with Crippen molar-refractivity contribution in [1.29, 1.82) is 0 Å². The van der Waals surface area contributed by atoms with Gasteiger partial charge in [0.1, 0.15) is 0 Å². The smallest absolute Gasteiger partial charge is 0.0684 e. The van der Waals surface area contributed by atoms with E-state index < -0.39 is 7.92 Å². The highest BCUT2D eigenvalue weighted by atomic mass is 31.1. The van der Waals surface area contributed by atoms with Gasteiger partial charge in [-0.1, -0.05) is 97.1 Å². The van der Waals surface area contributed by atoms with Crippen molar-refractivity contribution in [3.05, 3.63) is 125 Å². The number of benzene rings is 4. The van der Waals surface area contributed by atoms with Crippen LogP contribution in [-0.2, 0) is 32.3 Å². The Bertz CT molecular complexity index is 1130. The molecule has 0 spiro atoms. The summed E-state index contributed by atoms with van der Waals surface area (Å²) in [5.74, 6) is 0. The van der Waals surface area contributed by atoms with Crippen LogP contribution in [0.5, 0.6) is 0 Å². The summed E-state index contributed by atoms with van der Waals surface area (Å²) < 4.78 is 0. The molecule has 4 aromatic carbocycles. The fraction of sp³-hybridized carbons (Fsp3) is 0.172. The van der Waals surface area contributed by atoms with Crippen molar-refractivity contribution in [3.8, 4) is 0 Å². The lowest BCUT2D eigenvalue weighted by Crippen LogP contribution is -2.24. The maximum atomic E-state index is 9.85. The third kappa shape index (κ3) is 4.35. The van der Waals surface area contributed by atoms with Crippen molar-refractivity contribution in [3.63, 3.8) is 0 Å². The molecule has 4 aliphatic carbocycles. The Hall–Kier alpha value is -2.73. The van der Waals surface area contributed by atoms with Gasteiger partial charge in [-0.25, -0.2) is 0 Å². The summed E-state index contributed by atoms with van der Waals surface area (Å²) in [6.07, 6.45) is 3.96. The van der Waals surface area contributed by atoms with Crippen molar-refractivity contribution in [2.24, 2.45) is 0 Å². The summed E-state index contributed by atoms with van der Waals surface area (Å²) in [6.45, 7) is 0.124. The van der Waals surface area contributed by atoms with Crippen LogP contribution in [0.4, 0.5) is 0 Å². The van der Waals surface area contributed by atoms with Gasteiger partial charge >= 0.3 is 0 Å². The van der Waals surface area contributed by atoms with Crippen molar-refractivity contribution in [1.82, 2.24) is 0 Å². The molecule has 0 atom stereocenters. The SMILES string of the molecule is OCc1cc2ccc1CCc1ccc(c(P(c3ccccc3)c3ccccc3)c1)CC2. The fourth-order valence-corrected chi connectivity index (χ4v) is 7.11. The van der Waals surface area contributed by atoms with Gasteiger partial charge in [0.15, 0.2) is 0 Å². The molecule has 1 N–H and O–H groups in total. The van der Waals surface area contributed by atoms with E-state index in [9.17, 15) is 5.11 Å². The largest absolute Gasteiger partial charge is 0.392 e. The highest BCUT2D eigenvalue weighted by Gasteiger charge is 2.20. The Balaban J connectivity index is 1.62. The average Bonchev–Trinajstić information content (AvgIpc) is 2.82. The van der Waals surface area contributed by atoms with E-state index in [0.717, 1.165) is 31.2 Å². The Morgan fingerprint density at radius 1 is 0.581 bits per heavy atom. The highest BCUT2D eigenvalue weighted by Crippen LogP contribution is 2.35. The van der Waals surface area contributed by atoms with Crippen LogP contribution in [-0.4, -0.2) is 5.11 Å². The van der Waals surface area contributed by atoms with E-state index in [-0.39, 0.29) is 6.61 Å². The van der Waals surface area contributed by atoms with E-state index in [4.69, 9.17) is 0 Å². The first kappa shape index (κ1) is 20.2. The Morgan fingerprint density at radius 3 is 1.74 bits per heavy atom. The van der Waals surface area contributed by atoms with Gasteiger partial charge in [0.05, 0.1) is 6.61 Å². The molecule has 2 heteroatoms. The molecule has 0 fully saturated rings. The molecule has 0 saturated heterocycles. The molecular weight excluding hydrogens is 395 g/mol. The minimum atomic E-state index is -0.605. The molecule has 0 heterocycles. The Labute approximate surface area is 186 Å². The van der Waals surface area contributed by atoms with Gasteiger partial charge in [-0.15, -0.1) is 0 Å². The van der Waals surface area contributed by atoms with Gasteiger partial charge in [0, 0.05) is 0 Å². The molecule has 0 saturated carbocycles. The lowest BCUT2D eigenvalue weighted by Gasteiger charge is -2.24. The van der Waals surface area contributed by atoms with Crippen molar-refractivity contribution >= 4 is 23.8 Å². The van der Waals surface area contributed by atoms with Gasteiger partial charge in [0.2, 0.25) is 0 Å². The summed E-state index contributed by atoms with van der Waals surface area (Å²) in [5.41, 5.74) is 6.49. The maximum Gasteiger partial charge on any atom is 0.0684 e. The standard InChI is InChI=1S/C29H27OP/c30-21-26-19-22-11-15-24(26)16-12-23-14-18-25(17-13-22)29(20-23)31(27-7-3-1-4-8-27)28-9-5-2-6-10-28/h1-11,14-15,18-20,30H,12-13,16-17,21H2. The van der Waals surface area contributed by atoms with Crippen LogP contribution >= 0.6 is 7.92 Å². The quantitative estimate of drug-likeness (QED) is 0.468. The molecule has 4 aliphatic rings. The summed E-state index contributed by atoms with van der Waals surface area (Å²) in [5, 5.41) is 14.1.